The van der Waals surface area contributed by atoms with Gasteiger partial charge >= 0.3 is 0 Å². The number of nitrogens with zero attached hydrogens (tertiary/aromatic N) is 4. The number of hydrogen-bond acceptors (Lipinski definition) is 5. The van der Waals surface area contributed by atoms with Crippen LogP contribution >= 0.6 is 0 Å². The van der Waals surface area contributed by atoms with Crippen LogP contribution in [0.15, 0.2) is 36.8 Å². The first-order valence-corrected chi connectivity index (χ1v) is 9.44. The molecule has 7 heteroatoms. The van der Waals surface area contributed by atoms with Crippen LogP contribution in [0.2, 0.25) is 0 Å². The van der Waals surface area contributed by atoms with Crippen LogP contribution in [0.25, 0.3) is 22.2 Å². The molecular weight excluding hydrogens is 340 g/mol. The number of carbonyl (C=O) groups excluding carboxylic acids is 1. The van der Waals surface area contributed by atoms with Gasteiger partial charge in [0.1, 0.15) is 5.65 Å². The zero-order valence-electron chi connectivity index (χ0n) is 15.1. The Kier molecular flexibility index (Phi) is 4.10. The highest BCUT2D eigenvalue weighted by Crippen LogP contribution is 2.32. The number of piperazine rings is 1. The summed E-state index contributed by atoms with van der Waals surface area (Å²) in [7, 11) is 0. The number of fused-ring (bicyclic) bond motifs is 2. The zero-order chi connectivity index (χ0) is 18.2. The van der Waals surface area contributed by atoms with Crippen molar-refractivity contribution in [1.82, 2.24) is 25.2 Å². The Labute approximate surface area is 157 Å². The average Bonchev–Trinajstić information content (AvgIpc) is 3.29. The summed E-state index contributed by atoms with van der Waals surface area (Å²) < 4.78 is 0. The number of anilines is 1. The Morgan fingerprint density at radius 2 is 1.85 bits per heavy atom. The third-order valence-electron chi connectivity index (χ3n) is 5.44. The topological polar surface area (TPSA) is 77.2 Å². The molecular formula is C20H22N6O. The number of amides is 1. The van der Waals surface area contributed by atoms with Crippen LogP contribution in [0.3, 0.4) is 0 Å². The molecule has 1 amide bonds. The van der Waals surface area contributed by atoms with Crippen LogP contribution < -0.4 is 10.2 Å². The molecule has 0 saturated carbocycles. The van der Waals surface area contributed by atoms with E-state index in [4.69, 9.17) is 0 Å². The monoisotopic (exact) mass is 362 g/mol. The third kappa shape index (κ3) is 3.09. The Morgan fingerprint density at radius 1 is 1.04 bits per heavy atom. The molecule has 5 heterocycles. The predicted molar refractivity (Wildman–Crippen MR) is 105 cm³/mol. The Balaban J connectivity index is 1.41. The largest absolute Gasteiger partial charge is 0.346 e. The van der Waals surface area contributed by atoms with Gasteiger partial charge in [-0.2, -0.15) is 0 Å². The Bertz CT molecular complexity index is 991. The van der Waals surface area contributed by atoms with E-state index >= 15 is 0 Å². The lowest BCUT2D eigenvalue weighted by Gasteiger charge is -2.29. The summed E-state index contributed by atoms with van der Waals surface area (Å²) in [4.78, 5) is 29.0. The highest BCUT2D eigenvalue weighted by Gasteiger charge is 2.29. The van der Waals surface area contributed by atoms with Crippen LogP contribution in [0.4, 0.5) is 5.69 Å². The minimum atomic E-state index is 0.143. The van der Waals surface area contributed by atoms with Gasteiger partial charge in [0.05, 0.1) is 17.8 Å². The van der Waals surface area contributed by atoms with Gasteiger partial charge in [0.25, 0.3) is 0 Å². The van der Waals surface area contributed by atoms with Gasteiger partial charge < -0.3 is 15.2 Å². The molecule has 3 aromatic rings. The predicted octanol–water partition coefficient (Wildman–Crippen LogP) is 1.42. The van der Waals surface area contributed by atoms with Crippen molar-refractivity contribution < 1.29 is 4.79 Å². The SMILES string of the molecule is O=C1Cc2ncc(-c3cnc4[nH]ccc4c3)cc2N1CCN1CCNCC1. The van der Waals surface area contributed by atoms with Crippen molar-refractivity contribution in [3.63, 3.8) is 0 Å². The van der Waals surface area contributed by atoms with Gasteiger partial charge in [-0.15, -0.1) is 0 Å². The van der Waals surface area contributed by atoms with E-state index in [1.165, 1.54) is 0 Å². The second kappa shape index (κ2) is 6.75. The summed E-state index contributed by atoms with van der Waals surface area (Å²) in [5.41, 5.74) is 4.70. The second-order valence-corrected chi connectivity index (χ2v) is 7.14. The fourth-order valence-corrected chi connectivity index (χ4v) is 3.90. The first-order valence-electron chi connectivity index (χ1n) is 9.44. The molecule has 27 heavy (non-hydrogen) atoms. The van der Waals surface area contributed by atoms with E-state index in [1.54, 1.807) is 0 Å². The third-order valence-corrected chi connectivity index (χ3v) is 5.44. The number of rotatable bonds is 4. The molecule has 2 aliphatic rings. The van der Waals surface area contributed by atoms with Gasteiger partial charge in [-0.3, -0.25) is 14.7 Å². The number of carbonyl (C=O) groups is 1. The summed E-state index contributed by atoms with van der Waals surface area (Å²) in [5, 5.41) is 4.43. The first-order chi connectivity index (χ1) is 13.3. The number of nitrogens with one attached hydrogen (secondary N) is 2. The van der Waals surface area contributed by atoms with Crippen LogP contribution in [0.5, 0.6) is 0 Å². The number of aromatic nitrogens is 3. The number of pyridine rings is 2. The molecule has 0 spiro atoms. The van der Waals surface area contributed by atoms with Crippen LogP contribution in [0, 0.1) is 0 Å². The molecule has 0 bridgehead atoms. The van der Waals surface area contributed by atoms with E-state index in [-0.39, 0.29) is 5.91 Å². The summed E-state index contributed by atoms with van der Waals surface area (Å²) in [6, 6.07) is 6.19. The second-order valence-electron chi connectivity index (χ2n) is 7.14. The minimum absolute atomic E-state index is 0.143. The van der Waals surface area contributed by atoms with Gasteiger partial charge in [0.15, 0.2) is 0 Å². The summed E-state index contributed by atoms with van der Waals surface area (Å²) in [6.07, 6.45) is 5.98. The molecule has 2 N–H and O–H groups in total. The van der Waals surface area contributed by atoms with Gasteiger partial charge in [-0.25, -0.2) is 4.98 Å². The summed E-state index contributed by atoms with van der Waals surface area (Å²) >= 11 is 0. The summed E-state index contributed by atoms with van der Waals surface area (Å²) in [6.45, 7) is 5.72. The lowest BCUT2D eigenvalue weighted by atomic mass is 10.1. The minimum Gasteiger partial charge on any atom is -0.346 e. The van der Waals surface area contributed by atoms with Gasteiger partial charge in [0.2, 0.25) is 5.91 Å². The maximum Gasteiger partial charge on any atom is 0.233 e. The normalized spacial score (nSPS) is 17.6. The highest BCUT2D eigenvalue weighted by molar-refractivity contribution is 6.01. The van der Waals surface area contributed by atoms with E-state index in [2.05, 4.69) is 37.3 Å². The molecule has 2 aliphatic heterocycles. The lowest BCUT2D eigenvalue weighted by Crippen LogP contribution is -2.46. The van der Waals surface area contributed by atoms with Crippen molar-refractivity contribution in [3.8, 4) is 11.1 Å². The van der Waals surface area contributed by atoms with Crippen molar-refractivity contribution in [2.24, 2.45) is 0 Å². The Morgan fingerprint density at radius 3 is 2.74 bits per heavy atom. The van der Waals surface area contributed by atoms with Crippen molar-refractivity contribution >= 4 is 22.6 Å². The number of H-pyrrole nitrogens is 1. The zero-order valence-corrected chi connectivity index (χ0v) is 15.1. The maximum atomic E-state index is 12.5. The van der Waals surface area contributed by atoms with Crippen molar-refractivity contribution in [3.05, 3.63) is 42.5 Å². The molecule has 0 aromatic carbocycles. The smallest absolute Gasteiger partial charge is 0.233 e. The van der Waals surface area contributed by atoms with Crippen molar-refractivity contribution in [2.75, 3.05) is 44.2 Å². The van der Waals surface area contributed by atoms with E-state index in [1.807, 2.05) is 29.6 Å². The quantitative estimate of drug-likeness (QED) is 0.734. The molecule has 5 rings (SSSR count). The standard InChI is InChI=1S/C20H22N6O/c27-19-11-17-18(26(19)8-7-25-5-3-21-4-6-25)10-16(12-23-17)15-9-14-1-2-22-20(14)24-13-15/h1-2,9-10,12-13,21H,3-8,11H2,(H,22,24). The van der Waals surface area contributed by atoms with Crippen molar-refractivity contribution in [2.45, 2.75) is 6.42 Å². The molecule has 3 aromatic heterocycles. The van der Waals surface area contributed by atoms with Crippen LogP contribution in [-0.4, -0.2) is 65.0 Å². The number of aromatic amines is 1. The van der Waals surface area contributed by atoms with E-state index in [0.29, 0.717) is 13.0 Å². The molecule has 0 radical (unpaired) electrons. The summed E-state index contributed by atoms with van der Waals surface area (Å²) in [5.74, 6) is 0.143. The molecule has 0 aliphatic carbocycles. The Hall–Kier alpha value is -2.77. The maximum absolute atomic E-state index is 12.5. The van der Waals surface area contributed by atoms with Gasteiger partial charge in [-0.1, -0.05) is 0 Å². The first kappa shape index (κ1) is 16.4. The molecule has 1 fully saturated rings. The number of hydrogen-bond donors (Lipinski definition) is 2. The van der Waals surface area contributed by atoms with E-state index < -0.39 is 0 Å². The molecule has 7 nitrogen and oxygen atoms in total. The molecule has 0 atom stereocenters. The van der Waals surface area contributed by atoms with E-state index in [0.717, 1.165) is 66.3 Å². The fourth-order valence-electron chi connectivity index (χ4n) is 3.90. The van der Waals surface area contributed by atoms with Crippen LogP contribution in [-0.2, 0) is 11.2 Å². The van der Waals surface area contributed by atoms with Gasteiger partial charge in [-0.05, 0) is 18.2 Å². The molecule has 1 saturated heterocycles. The highest BCUT2D eigenvalue weighted by atomic mass is 16.2. The fraction of sp³-hybridized carbons (Fsp3) is 0.350. The van der Waals surface area contributed by atoms with E-state index in [9.17, 15) is 4.79 Å². The molecule has 0 unspecified atom stereocenters. The lowest BCUT2D eigenvalue weighted by molar-refractivity contribution is -0.117. The molecule has 138 valence electrons. The van der Waals surface area contributed by atoms with Crippen LogP contribution in [0.1, 0.15) is 5.69 Å². The average molecular weight is 362 g/mol. The van der Waals surface area contributed by atoms with Crippen molar-refractivity contribution in [1.29, 1.82) is 0 Å². The van der Waals surface area contributed by atoms with Gasteiger partial charge in [0, 0.05) is 74.4 Å².